The van der Waals surface area contributed by atoms with Gasteiger partial charge in [0.2, 0.25) is 0 Å². The van der Waals surface area contributed by atoms with Crippen molar-refractivity contribution in [3.63, 3.8) is 0 Å². The van der Waals surface area contributed by atoms with Gasteiger partial charge in [-0.25, -0.2) is 4.79 Å². The Bertz CT molecular complexity index is 550. The number of hydrogen-bond donors (Lipinski definition) is 0. The van der Waals surface area contributed by atoms with Gasteiger partial charge in [-0.3, -0.25) is 10.1 Å². The van der Waals surface area contributed by atoms with Crippen LogP contribution in [0.25, 0.3) is 0 Å². The number of nitro benzene ring substituents is 1. The van der Waals surface area contributed by atoms with Crippen LogP contribution in [0.4, 0.5) is 11.4 Å². The normalized spacial score (nSPS) is 18.4. The largest absolute Gasteiger partial charge is 0.464 e. The number of anilines is 1. The SMILES string of the molecule is CCOC(=O)C1CCCCN1c1ccc(Cl)cc1[N+](=O)[O-]. The Morgan fingerprint density at radius 1 is 1.52 bits per heavy atom. The van der Waals surface area contributed by atoms with Crippen molar-refractivity contribution in [2.24, 2.45) is 0 Å². The summed E-state index contributed by atoms with van der Waals surface area (Å²) in [6, 6.07) is 4.03. The number of rotatable bonds is 4. The highest BCUT2D eigenvalue weighted by molar-refractivity contribution is 6.30. The van der Waals surface area contributed by atoms with Crippen molar-refractivity contribution in [2.75, 3.05) is 18.1 Å². The molecule has 0 amide bonds. The first-order chi connectivity index (χ1) is 10.0. The molecule has 2 rings (SSSR count). The van der Waals surface area contributed by atoms with Crippen molar-refractivity contribution < 1.29 is 14.5 Å². The van der Waals surface area contributed by atoms with Crippen LogP contribution in [0.3, 0.4) is 0 Å². The van der Waals surface area contributed by atoms with Crippen molar-refractivity contribution in [3.8, 4) is 0 Å². The van der Waals surface area contributed by atoms with Crippen molar-refractivity contribution in [1.29, 1.82) is 0 Å². The van der Waals surface area contributed by atoms with Crippen molar-refractivity contribution in [3.05, 3.63) is 33.3 Å². The number of nitrogens with zero attached hydrogens (tertiary/aromatic N) is 2. The van der Waals surface area contributed by atoms with Crippen LogP contribution in [0.1, 0.15) is 26.2 Å². The van der Waals surface area contributed by atoms with Gasteiger partial charge in [0.1, 0.15) is 11.7 Å². The minimum absolute atomic E-state index is 0.0845. The molecule has 6 nitrogen and oxygen atoms in total. The predicted molar refractivity (Wildman–Crippen MR) is 79.7 cm³/mol. The van der Waals surface area contributed by atoms with Crippen LogP contribution in [-0.2, 0) is 9.53 Å². The summed E-state index contributed by atoms with van der Waals surface area (Å²) in [6.45, 7) is 2.63. The number of esters is 1. The molecule has 1 atom stereocenters. The lowest BCUT2D eigenvalue weighted by molar-refractivity contribution is -0.384. The van der Waals surface area contributed by atoms with E-state index in [0.29, 0.717) is 30.3 Å². The van der Waals surface area contributed by atoms with E-state index in [1.54, 1.807) is 24.0 Å². The highest BCUT2D eigenvalue weighted by atomic mass is 35.5. The third-order valence-electron chi connectivity index (χ3n) is 3.51. The van der Waals surface area contributed by atoms with Crippen LogP contribution < -0.4 is 4.90 Å². The predicted octanol–water partition coefficient (Wildman–Crippen LogP) is 3.17. The summed E-state index contributed by atoms with van der Waals surface area (Å²) in [5, 5.41) is 11.5. The Balaban J connectivity index is 2.37. The molecule has 1 heterocycles. The summed E-state index contributed by atoms with van der Waals surface area (Å²) in [5.74, 6) is -0.332. The van der Waals surface area contributed by atoms with Crippen molar-refractivity contribution in [1.82, 2.24) is 0 Å². The fourth-order valence-electron chi connectivity index (χ4n) is 2.59. The van der Waals surface area contributed by atoms with Crippen molar-refractivity contribution in [2.45, 2.75) is 32.2 Å². The fraction of sp³-hybridized carbons (Fsp3) is 0.500. The molecule has 0 radical (unpaired) electrons. The number of carbonyl (C=O) groups is 1. The summed E-state index contributed by atoms with van der Waals surface area (Å²) >= 11 is 5.83. The van der Waals surface area contributed by atoms with Gasteiger partial charge >= 0.3 is 5.97 Å². The molecule has 0 bridgehead atoms. The third-order valence-corrected chi connectivity index (χ3v) is 3.74. The highest BCUT2D eigenvalue weighted by Crippen LogP contribution is 2.35. The number of ether oxygens (including phenoxy) is 1. The molecule has 1 unspecified atom stereocenters. The van der Waals surface area contributed by atoms with Gasteiger partial charge in [0, 0.05) is 17.6 Å². The monoisotopic (exact) mass is 312 g/mol. The first-order valence-corrected chi connectivity index (χ1v) is 7.29. The first-order valence-electron chi connectivity index (χ1n) is 6.91. The summed E-state index contributed by atoms with van der Waals surface area (Å²) in [6.07, 6.45) is 2.43. The van der Waals surface area contributed by atoms with E-state index in [1.165, 1.54) is 6.07 Å². The molecule has 1 aliphatic heterocycles. The van der Waals surface area contributed by atoms with E-state index in [1.807, 2.05) is 0 Å². The van der Waals surface area contributed by atoms with Crippen LogP contribution in [0.15, 0.2) is 18.2 Å². The maximum atomic E-state index is 12.1. The molecule has 0 aliphatic carbocycles. The number of carbonyl (C=O) groups excluding carboxylic acids is 1. The lowest BCUT2D eigenvalue weighted by atomic mass is 10.0. The van der Waals surface area contributed by atoms with Crippen LogP contribution in [0, 0.1) is 10.1 Å². The van der Waals surface area contributed by atoms with Gasteiger partial charge in [0.25, 0.3) is 5.69 Å². The lowest BCUT2D eigenvalue weighted by Crippen LogP contribution is -2.45. The molecule has 0 aromatic heterocycles. The molecule has 1 aromatic rings. The van der Waals surface area contributed by atoms with E-state index >= 15 is 0 Å². The molecule has 1 fully saturated rings. The van der Waals surface area contributed by atoms with Gasteiger partial charge in [-0.05, 0) is 38.3 Å². The topological polar surface area (TPSA) is 72.7 Å². The smallest absolute Gasteiger partial charge is 0.328 e. The summed E-state index contributed by atoms with van der Waals surface area (Å²) in [7, 11) is 0. The van der Waals surface area contributed by atoms with Crippen molar-refractivity contribution >= 4 is 28.9 Å². The second-order valence-electron chi connectivity index (χ2n) is 4.85. The molecule has 7 heteroatoms. The maximum absolute atomic E-state index is 12.1. The van der Waals surface area contributed by atoms with E-state index in [9.17, 15) is 14.9 Å². The first kappa shape index (κ1) is 15.6. The summed E-state index contributed by atoms with van der Waals surface area (Å²) in [4.78, 5) is 24.6. The maximum Gasteiger partial charge on any atom is 0.328 e. The Hall–Kier alpha value is -1.82. The van der Waals surface area contributed by atoms with Gasteiger partial charge in [-0.2, -0.15) is 0 Å². The molecule has 0 saturated carbocycles. The Morgan fingerprint density at radius 2 is 2.29 bits per heavy atom. The molecule has 114 valence electrons. The Labute approximate surface area is 127 Å². The van der Waals surface area contributed by atoms with E-state index < -0.39 is 11.0 Å². The number of nitro groups is 1. The number of halogens is 1. The van der Waals surface area contributed by atoms with E-state index in [4.69, 9.17) is 16.3 Å². The minimum atomic E-state index is -0.474. The summed E-state index contributed by atoms with van der Waals surface area (Å²) in [5.41, 5.74) is 0.334. The standard InChI is InChI=1S/C14H17ClN2O4/c1-2-21-14(18)12-5-3-4-8-16(12)11-7-6-10(15)9-13(11)17(19)20/h6-7,9,12H,2-5,8H2,1H3. The lowest BCUT2D eigenvalue weighted by Gasteiger charge is -2.35. The molecule has 1 saturated heterocycles. The van der Waals surface area contributed by atoms with Gasteiger partial charge in [0.05, 0.1) is 11.5 Å². The third kappa shape index (κ3) is 3.44. The fourth-order valence-corrected chi connectivity index (χ4v) is 2.76. The van der Waals surface area contributed by atoms with Crippen LogP contribution in [0.2, 0.25) is 5.02 Å². The molecule has 1 aliphatic rings. The van der Waals surface area contributed by atoms with Crippen LogP contribution in [-0.4, -0.2) is 30.1 Å². The van der Waals surface area contributed by atoms with Gasteiger partial charge in [0.15, 0.2) is 0 Å². The average molecular weight is 313 g/mol. The van der Waals surface area contributed by atoms with Gasteiger partial charge in [-0.15, -0.1) is 0 Å². The minimum Gasteiger partial charge on any atom is -0.464 e. The zero-order valence-corrected chi connectivity index (χ0v) is 12.5. The van der Waals surface area contributed by atoms with Crippen LogP contribution >= 0.6 is 11.6 Å². The van der Waals surface area contributed by atoms with E-state index in [0.717, 1.165) is 12.8 Å². The van der Waals surface area contributed by atoms with Gasteiger partial charge in [-0.1, -0.05) is 11.6 Å². The zero-order chi connectivity index (χ0) is 15.4. The highest BCUT2D eigenvalue weighted by Gasteiger charge is 2.33. The average Bonchev–Trinajstić information content (AvgIpc) is 2.47. The molecular weight excluding hydrogens is 296 g/mol. The zero-order valence-electron chi connectivity index (χ0n) is 11.8. The summed E-state index contributed by atoms with van der Waals surface area (Å²) < 4.78 is 5.08. The Kier molecular flexibility index (Phi) is 5.01. The van der Waals surface area contributed by atoms with E-state index in [-0.39, 0.29) is 11.7 Å². The quantitative estimate of drug-likeness (QED) is 0.485. The van der Waals surface area contributed by atoms with Crippen LogP contribution in [0.5, 0.6) is 0 Å². The molecule has 21 heavy (non-hydrogen) atoms. The molecule has 0 spiro atoms. The number of piperidine rings is 1. The molecule has 0 N–H and O–H groups in total. The number of hydrogen-bond acceptors (Lipinski definition) is 5. The number of benzene rings is 1. The van der Waals surface area contributed by atoms with E-state index in [2.05, 4.69) is 0 Å². The molecular formula is C14H17ClN2O4. The van der Waals surface area contributed by atoms with Gasteiger partial charge < -0.3 is 9.64 Å². The second kappa shape index (κ2) is 6.76. The Morgan fingerprint density at radius 3 is 2.95 bits per heavy atom. The molecule has 1 aromatic carbocycles. The second-order valence-corrected chi connectivity index (χ2v) is 5.28.